The Kier molecular flexibility index (Phi) is 5.88. The van der Waals surface area contributed by atoms with E-state index in [2.05, 4.69) is 9.97 Å². The van der Waals surface area contributed by atoms with Gasteiger partial charge in [0.2, 0.25) is 5.88 Å². The molecule has 140 valence electrons. The van der Waals surface area contributed by atoms with Crippen molar-refractivity contribution < 1.29 is 12.6 Å². The van der Waals surface area contributed by atoms with Crippen LogP contribution in [0, 0.1) is 6.92 Å². The summed E-state index contributed by atoms with van der Waals surface area (Å²) in [4.78, 5) is 8.28. The number of benzene rings is 2. The van der Waals surface area contributed by atoms with E-state index < -0.39 is 10.1 Å². The van der Waals surface area contributed by atoms with E-state index in [0.29, 0.717) is 15.9 Å². The molecule has 9 heteroatoms. The van der Waals surface area contributed by atoms with Crippen LogP contribution in [-0.2, 0) is 15.9 Å². The largest absolute Gasteiger partial charge is 0.383 e. The molecule has 0 amide bonds. The van der Waals surface area contributed by atoms with Crippen molar-refractivity contribution in [3.63, 3.8) is 0 Å². The third kappa shape index (κ3) is 5.12. The molecular weight excluding hydrogens is 406 g/mol. The molecule has 1 heterocycles. The number of nitrogens with two attached hydrogens (primary N) is 1. The van der Waals surface area contributed by atoms with Gasteiger partial charge in [-0.25, -0.2) is 4.98 Å². The van der Waals surface area contributed by atoms with Crippen LogP contribution < -0.4 is 9.92 Å². The Morgan fingerprint density at radius 1 is 1.11 bits per heavy atom. The first kappa shape index (κ1) is 19.5. The van der Waals surface area contributed by atoms with Crippen molar-refractivity contribution in [1.82, 2.24) is 9.97 Å². The van der Waals surface area contributed by atoms with Crippen LogP contribution in [0.2, 0.25) is 5.02 Å². The highest BCUT2D eigenvalue weighted by Gasteiger charge is 2.18. The zero-order chi connectivity index (χ0) is 19.4. The Hall–Kier alpha value is -2.29. The molecule has 6 nitrogen and oxygen atoms in total. The molecule has 0 unspecified atom stereocenters. The first-order valence-electron chi connectivity index (χ1n) is 7.85. The van der Waals surface area contributed by atoms with Crippen LogP contribution in [0.4, 0.5) is 5.82 Å². The first-order chi connectivity index (χ1) is 12.8. The lowest BCUT2D eigenvalue weighted by Crippen LogP contribution is -2.11. The summed E-state index contributed by atoms with van der Waals surface area (Å²) in [5, 5.41) is 0.927. The highest BCUT2D eigenvalue weighted by atomic mass is 35.5. The number of aryl methyl sites for hydroxylation is 1. The topological polar surface area (TPSA) is 95.2 Å². The molecule has 0 spiro atoms. The van der Waals surface area contributed by atoms with Crippen molar-refractivity contribution in [3.05, 3.63) is 70.7 Å². The molecule has 0 radical (unpaired) electrons. The van der Waals surface area contributed by atoms with E-state index in [9.17, 15) is 8.42 Å². The van der Waals surface area contributed by atoms with Gasteiger partial charge in [0.1, 0.15) is 10.7 Å². The van der Waals surface area contributed by atoms with Gasteiger partial charge < -0.3 is 9.92 Å². The molecule has 0 aliphatic heterocycles. The SMILES string of the molecule is Cc1ccc(S(=O)(=O)Oc2cc(N)nc(SCc3ccccc3Cl)n2)cc1. The van der Waals surface area contributed by atoms with E-state index in [4.69, 9.17) is 21.5 Å². The lowest BCUT2D eigenvalue weighted by atomic mass is 10.2. The second kappa shape index (κ2) is 8.16. The van der Waals surface area contributed by atoms with Crippen LogP contribution in [0.15, 0.2) is 64.6 Å². The predicted molar refractivity (Wildman–Crippen MR) is 106 cm³/mol. The molecule has 0 aliphatic rings. The summed E-state index contributed by atoms with van der Waals surface area (Å²) in [5.41, 5.74) is 7.62. The number of hydrogen-bond donors (Lipinski definition) is 1. The molecule has 0 atom stereocenters. The molecule has 0 saturated heterocycles. The van der Waals surface area contributed by atoms with Gasteiger partial charge in [-0.15, -0.1) is 0 Å². The maximum Gasteiger partial charge on any atom is 0.340 e. The summed E-state index contributed by atoms with van der Waals surface area (Å²) in [5.74, 6) is 0.485. The van der Waals surface area contributed by atoms with Crippen molar-refractivity contribution in [2.24, 2.45) is 0 Å². The maximum atomic E-state index is 12.4. The van der Waals surface area contributed by atoms with E-state index in [1.54, 1.807) is 18.2 Å². The summed E-state index contributed by atoms with van der Waals surface area (Å²) < 4.78 is 30.0. The second-order valence-corrected chi connectivity index (χ2v) is 8.54. The smallest absolute Gasteiger partial charge is 0.340 e. The molecule has 3 rings (SSSR count). The van der Waals surface area contributed by atoms with Crippen LogP contribution in [0.3, 0.4) is 0 Å². The number of hydrogen-bond acceptors (Lipinski definition) is 7. The zero-order valence-electron chi connectivity index (χ0n) is 14.3. The third-order valence-corrected chi connectivity index (χ3v) is 6.03. The van der Waals surface area contributed by atoms with E-state index in [-0.39, 0.29) is 16.6 Å². The quantitative estimate of drug-likeness (QED) is 0.364. The average molecular weight is 422 g/mol. The van der Waals surface area contributed by atoms with Crippen LogP contribution in [-0.4, -0.2) is 18.4 Å². The van der Waals surface area contributed by atoms with Crippen LogP contribution in [0.5, 0.6) is 5.88 Å². The highest BCUT2D eigenvalue weighted by molar-refractivity contribution is 7.98. The van der Waals surface area contributed by atoms with Gasteiger partial charge in [0, 0.05) is 16.8 Å². The monoisotopic (exact) mass is 421 g/mol. The molecular formula is C18H16ClN3O3S2. The molecule has 2 aromatic carbocycles. The van der Waals surface area contributed by atoms with Gasteiger partial charge in [-0.05, 0) is 30.7 Å². The van der Waals surface area contributed by atoms with Crippen molar-refractivity contribution in [2.45, 2.75) is 22.7 Å². The Morgan fingerprint density at radius 2 is 1.81 bits per heavy atom. The number of rotatable bonds is 6. The van der Waals surface area contributed by atoms with Crippen molar-refractivity contribution in [2.75, 3.05) is 5.73 Å². The van der Waals surface area contributed by atoms with Crippen LogP contribution in [0.25, 0.3) is 0 Å². The average Bonchev–Trinajstić information content (AvgIpc) is 2.60. The number of nitrogen functional groups attached to an aromatic ring is 1. The Morgan fingerprint density at radius 3 is 2.52 bits per heavy atom. The summed E-state index contributed by atoms with van der Waals surface area (Å²) >= 11 is 7.41. The number of anilines is 1. The number of halogens is 1. The standard InChI is InChI=1S/C18H16ClN3O3S2/c1-12-6-8-14(9-7-12)27(23,24)25-17-10-16(20)21-18(22-17)26-11-13-4-2-3-5-15(13)19/h2-10H,11H2,1H3,(H2,20,21,22). The Labute approximate surface area is 166 Å². The normalized spacial score (nSPS) is 11.3. The highest BCUT2D eigenvalue weighted by Crippen LogP contribution is 2.27. The van der Waals surface area contributed by atoms with Gasteiger partial charge in [0.05, 0.1) is 0 Å². The van der Waals surface area contributed by atoms with Gasteiger partial charge in [-0.3, -0.25) is 0 Å². The van der Waals surface area contributed by atoms with Gasteiger partial charge in [-0.1, -0.05) is 59.3 Å². The number of nitrogens with zero attached hydrogens (tertiary/aromatic N) is 2. The molecule has 1 aromatic heterocycles. The molecule has 2 N–H and O–H groups in total. The van der Waals surface area contributed by atoms with E-state index in [1.807, 2.05) is 25.1 Å². The van der Waals surface area contributed by atoms with Crippen LogP contribution in [0.1, 0.15) is 11.1 Å². The minimum atomic E-state index is -4.01. The zero-order valence-corrected chi connectivity index (χ0v) is 16.7. The third-order valence-electron chi connectivity index (χ3n) is 3.52. The Bertz CT molecular complexity index is 1060. The number of thioether (sulfide) groups is 1. The van der Waals surface area contributed by atoms with E-state index in [0.717, 1.165) is 11.1 Å². The fourth-order valence-electron chi connectivity index (χ4n) is 2.15. The van der Waals surface area contributed by atoms with Crippen molar-refractivity contribution in [3.8, 4) is 5.88 Å². The fraction of sp³-hybridized carbons (Fsp3) is 0.111. The van der Waals surface area contributed by atoms with Gasteiger partial charge in [0.25, 0.3) is 0 Å². The lowest BCUT2D eigenvalue weighted by Gasteiger charge is -2.09. The van der Waals surface area contributed by atoms with Crippen molar-refractivity contribution >= 4 is 39.3 Å². The van der Waals surface area contributed by atoms with Gasteiger partial charge >= 0.3 is 10.1 Å². The van der Waals surface area contributed by atoms with E-state index in [1.165, 1.54) is 30.0 Å². The fourth-order valence-corrected chi connectivity index (χ4v) is 4.17. The van der Waals surface area contributed by atoms with Gasteiger partial charge in [0.15, 0.2) is 5.16 Å². The first-order valence-corrected chi connectivity index (χ1v) is 10.6. The second-order valence-electron chi connectivity index (χ2n) is 5.64. The predicted octanol–water partition coefficient (Wildman–Crippen LogP) is 4.08. The minimum absolute atomic E-state index is 0.0376. The molecule has 27 heavy (non-hydrogen) atoms. The van der Waals surface area contributed by atoms with E-state index >= 15 is 0 Å². The summed E-state index contributed by atoms with van der Waals surface area (Å²) in [6.45, 7) is 1.87. The van der Waals surface area contributed by atoms with Crippen LogP contribution >= 0.6 is 23.4 Å². The van der Waals surface area contributed by atoms with Crippen molar-refractivity contribution in [1.29, 1.82) is 0 Å². The summed E-state index contributed by atoms with van der Waals surface area (Å²) in [6, 6.07) is 15.0. The lowest BCUT2D eigenvalue weighted by molar-refractivity contribution is 0.472. The molecule has 0 saturated carbocycles. The minimum Gasteiger partial charge on any atom is -0.383 e. The maximum absolute atomic E-state index is 12.4. The molecule has 3 aromatic rings. The molecule has 0 fully saturated rings. The summed E-state index contributed by atoms with van der Waals surface area (Å²) in [6.07, 6.45) is 0. The molecule has 0 bridgehead atoms. The Balaban J connectivity index is 1.79. The number of aromatic nitrogens is 2. The van der Waals surface area contributed by atoms with Gasteiger partial charge in [-0.2, -0.15) is 13.4 Å². The summed E-state index contributed by atoms with van der Waals surface area (Å²) in [7, 11) is -4.01. The molecule has 0 aliphatic carbocycles.